The molecule has 0 amide bonds. The summed E-state index contributed by atoms with van der Waals surface area (Å²) >= 11 is 2.57. The van der Waals surface area contributed by atoms with Crippen LogP contribution >= 0.6 is 22.6 Å². The van der Waals surface area contributed by atoms with Gasteiger partial charge in [-0.1, -0.05) is 110 Å². The number of rotatable bonds is 9. The van der Waals surface area contributed by atoms with Crippen LogP contribution in [-0.2, 0) is 52.9 Å². The van der Waals surface area contributed by atoms with Gasteiger partial charge in [-0.05, 0) is 528 Å². The lowest BCUT2D eigenvalue weighted by Gasteiger charge is -2.51. The summed E-state index contributed by atoms with van der Waals surface area (Å²) in [5, 5.41) is 40.4. The van der Waals surface area contributed by atoms with Crippen LogP contribution in [0.2, 0.25) is 0 Å². The van der Waals surface area contributed by atoms with Crippen molar-refractivity contribution in [2.24, 2.45) is 115 Å². The zero-order chi connectivity index (χ0) is 96.5. The fourth-order valence-corrected chi connectivity index (χ4v) is 36.9. The maximum absolute atomic E-state index is 12.3. The standard InChI is InChI=1S/C21H27IO2.C21H30O2.C21H28O.C19H26O3.C19H24O2.C18H22O2.C5H10/c1-13(23)19-7-8-20-18-5-3-14-11-15(24-2)4-6-16(14)17(18)9-10-21(19,20)12-22;1-13(22)19-8-9-20-18-6-4-14-12-15(23-3)5-7-16(14)17(18)10-11-21(19,20)2;1-4-15-6-10-20-19-8-5-14-13-16(22-3)7-9-17(14)18(19)11-12-21(15,20)2;1-22-13-3-5-14-12(10-13)2-4-16-15(14)8-9-19(11-20)17(16)6-7-18(19)21;1-19-10-9-15-14-6-4-13(21-2)11-12(14)3-5-16(15)17(19)7-8-18(19)20;1-18-9-8-14-13-5-3-12(19)10-11(13)2-4-15(14)16(18)6-7-17(18)20;1-4-5(2)3/h4,6,11,17-20H,3,5,7-10,12H2,1-2H3;5,7,12-13,17-20,22H,4,6,8-11H2,1-3H3;4,7,9,13,18-20H,5-6,8,10-12H2,1-3H3;3,5,10,15-18,20-21H,2,4,6-9,11H2,1H3;4,6,11,15-17H,3,5,7-10H2,1-2H3;3,5,10,14-16,19H,2,4,6-9H2,1H3;4H,1-3H3/b;;15-4-;;;;/t17?,18?,19-,20?,21+;13-,17?,18?,19+,20?,21+;18?,19?,20?,21-;15?,16?,17?,18-,19+;15?,16?,17?,19-;14?,15?,16?,18-;/m101000./s1. The molecule has 12 fully saturated rings. The number of benzene rings is 6. The molecule has 18 aliphatic rings. The van der Waals surface area contributed by atoms with E-state index in [0.717, 1.165) is 183 Å². The number of phenols is 1. The Morgan fingerprint density at radius 1 is 0.394 bits per heavy atom. The van der Waals surface area contributed by atoms with Gasteiger partial charge < -0.3 is 44.1 Å². The van der Waals surface area contributed by atoms with Crippen molar-refractivity contribution in [1.82, 2.24) is 0 Å². The lowest BCUT2D eigenvalue weighted by molar-refractivity contribution is -0.130. The van der Waals surface area contributed by atoms with Crippen LogP contribution in [0.5, 0.6) is 34.5 Å². The third-order valence-corrected chi connectivity index (χ3v) is 44.1. The number of phenolic OH excluding ortho intramolecular Hbond substituents is 1. The third-order valence-electron chi connectivity index (χ3n) is 42.6. The molecule has 0 radical (unpaired) electrons. The SMILES string of the molecule is C/C=C1/CCC2C3CCc4cc(OC)ccc4C3CC[C@]12C.CC=C(C)C.COc1ccc2c(c1)CCC1C2CC[C@@]2(C)C1CC[C@@H]2[C@H](C)O.COc1ccc2c(c1)CCC1C2CC[C@@]2(CI)C1CC[C@@H]2C(C)=O.COc1ccc2c(c1)CCC1C2CC[C@@]2(CO)C1CC[C@@H]2O.COc1ccc2c(c1)CCC1C2CC[C@]2(C)C(=O)CCC12.C[C@]12CCC3c4ccc(O)cc4CCC3C1CCC2=O. The molecule has 0 aromatic heterocycles. The van der Waals surface area contributed by atoms with Crippen LogP contribution in [0.1, 0.15) is 364 Å². The topological polar surface area (TPSA) is 178 Å². The molecule has 0 saturated heterocycles. The lowest BCUT2D eigenvalue weighted by Crippen LogP contribution is -2.48. The lowest BCUT2D eigenvalue weighted by atomic mass is 9.54. The van der Waals surface area contributed by atoms with E-state index in [1.54, 1.807) is 63.4 Å². The monoisotopic (exact) mass is 1980 g/mol. The minimum Gasteiger partial charge on any atom is -0.508 e. The van der Waals surface area contributed by atoms with Gasteiger partial charge in [0.25, 0.3) is 0 Å². The van der Waals surface area contributed by atoms with E-state index in [2.05, 4.69) is 180 Å². The fourth-order valence-electron chi connectivity index (χ4n) is 35.5. The van der Waals surface area contributed by atoms with E-state index >= 15 is 0 Å². The summed E-state index contributed by atoms with van der Waals surface area (Å²) in [6, 6.07) is 39.3. The van der Waals surface area contributed by atoms with Crippen molar-refractivity contribution in [2.75, 3.05) is 46.6 Å². The van der Waals surface area contributed by atoms with E-state index in [9.17, 15) is 34.8 Å². The number of halogens is 1. The Morgan fingerprint density at radius 2 is 0.715 bits per heavy atom. The van der Waals surface area contributed by atoms with Crippen molar-refractivity contribution in [1.29, 1.82) is 0 Å². The Bertz CT molecular complexity index is 5400. The summed E-state index contributed by atoms with van der Waals surface area (Å²) in [6.45, 7) is 21.9. The molecule has 4 N–H and O–H groups in total. The van der Waals surface area contributed by atoms with Crippen LogP contribution in [0, 0.1) is 115 Å². The number of allylic oxidation sites excluding steroid dienone is 4. The van der Waals surface area contributed by atoms with E-state index < -0.39 is 0 Å². The van der Waals surface area contributed by atoms with E-state index in [0.29, 0.717) is 99.0 Å². The Balaban J connectivity index is 0.000000108. The zero-order valence-electron chi connectivity index (χ0n) is 86.1. The maximum atomic E-state index is 12.3. The number of alkyl halides is 1. The van der Waals surface area contributed by atoms with Crippen LogP contribution in [0.3, 0.4) is 0 Å². The van der Waals surface area contributed by atoms with Crippen molar-refractivity contribution in [3.63, 3.8) is 0 Å². The highest BCUT2D eigenvalue weighted by molar-refractivity contribution is 14.1. The summed E-state index contributed by atoms with van der Waals surface area (Å²) in [4.78, 5) is 36.9. The highest BCUT2D eigenvalue weighted by Gasteiger charge is 2.63. The van der Waals surface area contributed by atoms with Gasteiger partial charge in [-0.25, -0.2) is 0 Å². The highest BCUT2D eigenvalue weighted by Crippen LogP contribution is 2.70. The minimum atomic E-state index is -0.305. The van der Waals surface area contributed by atoms with E-state index in [1.807, 2.05) is 32.9 Å². The second-order valence-electron chi connectivity index (χ2n) is 47.8. The number of ether oxygens (including phenoxy) is 5. The molecule has 0 spiro atoms. The van der Waals surface area contributed by atoms with Crippen LogP contribution < -0.4 is 23.7 Å². The number of aromatic hydroxyl groups is 1. The first-order valence-electron chi connectivity index (χ1n) is 54.5. The molecule has 18 unspecified atom stereocenters. The number of methoxy groups -OCH3 is 5. The van der Waals surface area contributed by atoms with Gasteiger partial charge in [0.2, 0.25) is 0 Å². The summed E-state index contributed by atoms with van der Waals surface area (Å²) in [6.07, 6.45) is 46.4. The molecular weight excluding hydrogens is 1810 g/mol. The second kappa shape index (κ2) is 41.1. The number of aryl methyl sites for hydroxylation is 6. The van der Waals surface area contributed by atoms with Crippen molar-refractivity contribution in [2.45, 2.75) is 348 Å². The van der Waals surface area contributed by atoms with Gasteiger partial charge in [0.05, 0.1) is 54.4 Å². The average molecular weight is 1980 g/mol. The number of carbonyl (C=O) groups excluding carboxylic acids is 3. The summed E-state index contributed by atoms with van der Waals surface area (Å²) < 4.78 is 28.1. The molecule has 18 aliphatic carbocycles. The Hall–Kier alpha value is -6.78. The molecule has 6 aromatic carbocycles. The summed E-state index contributed by atoms with van der Waals surface area (Å²) in [5.74, 6) is 20.4. The highest BCUT2D eigenvalue weighted by atomic mass is 127. The number of aliphatic hydroxyl groups excluding tert-OH is 3. The van der Waals surface area contributed by atoms with E-state index in [4.69, 9.17) is 23.7 Å². The minimum absolute atomic E-state index is 0.00879. The van der Waals surface area contributed by atoms with Crippen LogP contribution in [0.4, 0.5) is 0 Å². The number of hydrogen-bond donors (Lipinski definition) is 4. The molecule has 28 atom stereocenters. The van der Waals surface area contributed by atoms with Crippen LogP contribution in [-0.4, -0.2) is 96.6 Å². The van der Waals surface area contributed by atoms with Crippen molar-refractivity contribution >= 4 is 39.9 Å². The smallest absolute Gasteiger partial charge is 0.139 e. The summed E-state index contributed by atoms with van der Waals surface area (Å²) in [7, 11) is 8.75. The quantitative estimate of drug-likeness (QED) is 0.0613. The number of ketones is 3. The van der Waals surface area contributed by atoms with Gasteiger partial charge in [0.1, 0.15) is 51.8 Å². The molecule has 742 valence electrons. The molecule has 12 nitrogen and oxygen atoms in total. The van der Waals surface area contributed by atoms with Crippen LogP contribution in [0.25, 0.3) is 0 Å². The number of hydrogen-bond acceptors (Lipinski definition) is 12. The van der Waals surface area contributed by atoms with E-state index in [1.165, 1.54) is 185 Å². The zero-order valence-corrected chi connectivity index (χ0v) is 88.2. The molecule has 137 heavy (non-hydrogen) atoms. The first-order valence-corrected chi connectivity index (χ1v) is 56.0. The van der Waals surface area contributed by atoms with Gasteiger partial charge in [-0.3, -0.25) is 14.4 Å². The van der Waals surface area contributed by atoms with Crippen molar-refractivity contribution < 1.29 is 58.5 Å². The molecule has 13 heteroatoms. The number of carbonyl (C=O) groups is 3. The number of aliphatic hydroxyl groups is 3. The molecule has 0 bridgehead atoms. The number of Topliss-reactive ketones (excluding diaryl/α,β-unsaturated/α-hetero) is 3. The molecule has 0 heterocycles. The van der Waals surface area contributed by atoms with Gasteiger partial charge in [0.15, 0.2) is 0 Å². The van der Waals surface area contributed by atoms with Crippen molar-refractivity contribution in [3.8, 4) is 34.5 Å². The molecule has 6 aromatic rings. The van der Waals surface area contributed by atoms with E-state index in [-0.39, 0.29) is 40.5 Å². The van der Waals surface area contributed by atoms with Crippen LogP contribution in [0.15, 0.2) is 132 Å². The number of fused-ring (bicyclic) bond motifs is 30. The predicted molar refractivity (Wildman–Crippen MR) is 560 cm³/mol. The van der Waals surface area contributed by atoms with Gasteiger partial charge >= 0.3 is 0 Å². The molecule has 24 rings (SSSR count). The molecule has 0 aliphatic heterocycles. The fraction of sp³-hybridized carbons (Fsp3) is 0.653. The van der Waals surface area contributed by atoms with Gasteiger partial charge in [-0.2, -0.15) is 0 Å². The predicted octanol–water partition coefficient (Wildman–Crippen LogP) is 28.0. The largest absolute Gasteiger partial charge is 0.508 e. The Kier molecular flexibility index (Phi) is 30.1. The maximum Gasteiger partial charge on any atom is 0.139 e. The Morgan fingerprint density at radius 3 is 1.08 bits per heavy atom. The first-order chi connectivity index (χ1) is 66.0. The normalized spacial score (nSPS) is 37.5. The third kappa shape index (κ3) is 18.2. The van der Waals surface area contributed by atoms with Gasteiger partial charge in [-0.15, -0.1) is 0 Å². The Labute approximate surface area is 836 Å². The summed E-state index contributed by atoms with van der Waals surface area (Å²) in [5.41, 5.74) is 22.1. The molecule has 12 saturated carbocycles. The first kappa shape index (κ1) is 100. The van der Waals surface area contributed by atoms with Crippen molar-refractivity contribution in [3.05, 3.63) is 199 Å². The second-order valence-corrected chi connectivity index (χ2v) is 48.6. The van der Waals surface area contributed by atoms with Gasteiger partial charge in [0, 0.05) is 39.4 Å². The molecular formula is C124H167IO12. The average Bonchev–Trinajstić information content (AvgIpc) is 1.67.